The number of halogens is 2. The smallest absolute Gasteiger partial charge is 0.134 e. The van der Waals surface area contributed by atoms with Crippen LogP contribution in [0.25, 0.3) is 0 Å². The lowest BCUT2D eigenvalue weighted by molar-refractivity contribution is 0.405. The molecule has 0 aromatic heterocycles. The van der Waals surface area contributed by atoms with Crippen molar-refractivity contribution in [2.45, 2.75) is 10.3 Å². The third-order valence-electron chi connectivity index (χ3n) is 7.37. The summed E-state index contributed by atoms with van der Waals surface area (Å²) in [5, 5.41) is -0.409. The molecule has 46 heavy (non-hydrogen) atoms. The highest BCUT2D eigenvalue weighted by Crippen LogP contribution is 2.45. The summed E-state index contributed by atoms with van der Waals surface area (Å²) >= 11 is 0. The molecule has 0 saturated carbocycles. The summed E-state index contributed by atoms with van der Waals surface area (Å²) in [5.74, 6) is 0. The molecule has 0 aliphatic rings. The van der Waals surface area contributed by atoms with Crippen LogP contribution >= 0.6 is 60.7 Å². The first-order valence-electron chi connectivity index (χ1n) is 14.1. The molecule has 0 spiro atoms. The second-order valence-corrected chi connectivity index (χ2v) is 12.3. The lowest BCUT2D eigenvalue weighted by Gasteiger charge is -2.31. The summed E-state index contributed by atoms with van der Waals surface area (Å²) in [4.78, 5) is 14.2. The fourth-order valence-electron chi connectivity index (χ4n) is 5.21. The summed E-state index contributed by atoms with van der Waals surface area (Å²) in [6.45, 7) is 0. The van der Waals surface area contributed by atoms with E-state index in [2.05, 4.69) is 200 Å². The molecule has 0 saturated heterocycles. The van der Waals surface area contributed by atoms with E-state index in [1.165, 1.54) is 33.4 Å². The summed E-state index contributed by atoms with van der Waals surface area (Å²) in [5.41, 5.74) is 7.68. The van der Waals surface area contributed by atoms with Crippen molar-refractivity contribution < 1.29 is 14.4 Å². The van der Waals surface area contributed by atoms with E-state index in [0.29, 0.717) is 0 Å². The van der Waals surface area contributed by atoms with E-state index in [-0.39, 0.29) is 44.3 Å². The Morgan fingerprint density at radius 2 is 0.457 bits per heavy atom. The lowest BCUT2D eigenvalue weighted by atomic mass is 9.84. The molecule has 0 amide bonds. The number of hydrogen-bond donors (Lipinski definition) is 2. The van der Waals surface area contributed by atoms with Gasteiger partial charge in [-0.2, -0.15) is 0 Å². The summed E-state index contributed by atoms with van der Waals surface area (Å²) in [6.07, 6.45) is 0. The molecule has 0 aliphatic carbocycles. The molecule has 0 aliphatic heterocycles. The Bertz CT molecular complexity index is 1380. The van der Waals surface area contributed by atoms with Gasteiger partial charge >= 0.3 is 8.25 Å². The first-order chi connectivity index (χ1) is 21.4. The third-order valence-corrected chi connectivity index (χ3v) is 9.37. The maximum Gasteiger partial charge on any atom is 0.692 e. The normalized spacial score (nSPS) is 10.3. The van der Waals surface area contributed by atoms with Crippen LogP contribution in [0.15, 0.2) is 182 Å². The van der Waals surface area contributed by atoms with Crippen LogP contribution in [0.4, 0.5) is 0 Å². The van der Waals surface area contributed by atoms with E-state index in [1.54, 1.807) is 0 Å². The van der Waals surface area contributed by atoms with E-state index >= 15 is 0 Å². The van der Waals surface area contributed by atoms with Crippen molar-refractivity contribution in [3.63, 3.8) is 0 Å². The van der Waals surface area contributed by atoms with E-state index in [1.807, 2.05) is 0 Å². The van der Waals surface area contributed by atoms with Crippen LogP contribution in [0, 0.1) is 0 Å². The average Bonchev–Trinajstić information content (AvgIpc) is 3.10. The molecule has 0 bridgehead atoms. The maximum absolute atomic E-state index is 8.70. The molecular weight excluding hydrogens is 757 g/mol. The Balaban J connectivity index is 0.000000276. The van der Waals surface area contributed by atoms with Crippen LogP contribution in [-0.4, -0.2) is 9.79 Å². The van der Waals surface area contributed by atoms with Crippen molar-refractivity contribution in [1.29, 1.82) is 0 Å². The predicted octanol–water partition coefficient (Wildman–Crippen LogP) is 10.5. The molecule has 6 aromatic rings. The van der Waals surface area contributed by atoms with Crippen LogP contribution in [-0.2, 0) is 14.9 Å². The Morgan fingerprint density at radius 1 is 0.348 bits per heavy atom. The summed E-state index contributed by atoms with van der Waals surface area (Å²) in [7, 11) is 3.25. The lowest BCUT2D eigenvalue weighted by Crippen LogP contribution is -2.21. The zero-order valence-corrected chi connectivity index (χ0v) is 31.7. The van der Waals surface area contributed by atoms with E-state index in [9.17, 15) is 0 Å². The molecule has 2 N–H and O–H groups in total. The van der Waals surface area contributed by atoms with Crippen molar-refractivity contribution in [2.75, 3.05) is 0 Å². The molecule has 0 heterocycles. The summed E-state index contributed by atoms with van der Waals surface area (Å²) in [6, 6.07) is 63.8. The van der Waals surface area contributed by atoms with Crippen LogP contribution in [0.5, 0.6) is 0 Å². The highest BCUT2D eigenvalue weighted by molar-refractivity contribution is 8.93. The van der Waals surface area contributed by atoms with E-state index in [0.717, 1.165) is 0 Å². The van der Waals surface area contributed by atoms with Gasteiger partial charge in [0.2, 0.25) is 0 Å². The fourth-order valence-corrected chi connectivity index (χ4v) is 6.36. The Morgan fingerprint density at radius 3 is 0.565 bits per heavy atom. The minimum atomic E-state index is -2.87. The molecule has 6 aromatic carbocycles. The standard InChI is InChI=1S/2C19H17P.2BrH.HO3P/c2*20-19(16-10-4-1-5-11-16,17-12-6-2-7-13-17)18-14-8-3-9-15-18;;;1-4(2)3/h2*1-15H,20H2;2*1H;(H-,1,2,3)/p+1. The van der Waals surface area contributed by atoms with Crippen LogP contribution in [0.3, 0.4) is 0 Å². The second-order valence-electron chi connectivity index (χ2n) is 10.1. The Kier molecular flexibility index (Phi) is 16.9. The SMILES string of the molecule is Br.Br.O=[P+](O)O.PC(c1ccccc1)(c1ccccc1)c1ccccc1.PC(c1ccccc1)(c1ccccc1)c1ccccc1. The van der Waals surface area contributed by atoms with Gasteiger partial charge in [-0.1, -0.05) is 182 Å². The summed E-state index contributed by atoms with van der Waals surface area (Å²) < 4.78 is 8.70. The van der Waals surface area contributed by atoms with Gasteiger partial charge in [-0.15, -0.1) is 62.2 Å². The Hall–Kier alpha value is -2.84. The zero-order valence-electron chi connectivity index (χ0n) is 25.0. The van der Waals surface area contributed by atoms with Gasteiger partial charge < -0.3 is 0 Å². The highest BCUT2D eigenvalue weighted by atomic mass is 79.9. The van der Waals surface area contributed by atoms with Crippen molar-refractivity contribution >= 4 is 60.7 Å². The molecule has 6 rings (SSSR count). The van der Waals surface area contributed by atoms with Gasteiger partial charge in [0.1, 0.15) is 0 Å². The highest BCUT2D eigenvalue weighted by Gasteiger charge is 2.31. The first-order valence-corrected chi connectivity index (χ1v) is 16.4. The largest absolute Gasteiger partial charge is 0.692 e. The van der Waals surface area contributed by atoms with E-state index < -0.39 is 8.25 Å². The van der Waals surface area contributed by atoms with Crippen molar-refractivity contribution in [2.24, 2.45) is 0 Å². The van der Waals surface area contributed by atoms with Crippen molar-refractivity contribution in [3.8, 4) is 0 Å². The third kappa shape index (κ3) is 10.1. The minimum absolute atomic E-state index is 0. The van der Waals surface area contributed by atoms with Crippen LogP contribution in [0.1, 0.15) is 33.4 Å². The van der Waals surface area contributed by atoms with Crippen LogP contribution < -0.4 is 0 Å². The molecule has 0 radical (unpaired) electrons. The molecule has 8 heteroatoms. The molecular formula is C38H38Br2O3P3+. The maximum atomic E-state index is 8.70. The van der Waals surface area contributed by atoms with Gasteiger partial charge in [0.15, 0.2) is 0 Å². The van der Waals surface area contributed by atoms with Gasteiger partial charge in [0.25, 0.3) is 0 Å². The molecule has 2 unspecified atom stereocenters. The van der Waals surface area contributed by atoms with Crippen molar-refractivity contribution in [3.05, 3.63) is 215 Å². The number of rotatable bonds is 6. The van der Waals surface area contributed by atoms with Gasteiger partial charge in [-0.3, -0.25) is 0 Å². The second kappa shape index (κ2) is 19.7. The van der Waals surface area contributed by atoms with E-state index in [4.69, 9.17) is 14.4 Å². The quantitative estimate of drug-likeness (QED) is 0.130. The molecule has 3 nitrogen and oxygen atoms in total. The van der Waals surface area contributed by atoms with Gasteiger partial charge in [0.05, 0.1) is 10.3 Å². The topological polar surface area (TPSA) is 57.5 Å². The zero-order chi connectivity index (χ0) is 31.3. The number of hydrogen-bond acceptors (Lipinski definition) is 1. The number of benzene rings is 6. The predicted molar refractivity (Wildman–Crippen MR) is 211 cm³/mol. The first kappa shape index (κ1) is 39.3. The molecule has 236 valence electrons. The minimum Gasteiger partial charge on any atom is -0.134 e. The van der Waals surface area contributed by atoms with Gasteiger partial charge in [-0.25, -0.2) is 0 Å². The average molecular weight is 795 g/mol. The van der Waals surface area contributed by atoms with Crippen molar-refractivity contribution in [1.82, 2.24) is 0 Å². The monoisotopic (exact) mass is 793 g/mol. The fraction of sp³-hybridized carbons (Fsp3) is 0.0526. The van der Waals surface area contributed by atoms with Crippen LogP contribution in [0.2, 0.25) is 0 Å². The van der Waals surface area contributed by atoms with Gasteiger partial charge in [-0.05, 0) is 33.4 Å². The molecule has 0 fully saturated rings. The Labute approximate surface area is 299 Å². The van der Waals surface area contributed by atoms with Gasteiger partial charge in [0, 0.05) is 4.57 Å². The molecule has 2 atom stereocenters.